The first-order valence-corrected chi connectivity index (χ1v) is 12.1. The second-order valence-corrected chi connectivity index (χ2v) is 8.67. The van der Waals surface area contributed by atoms with Crippen LogP contribution in [0.3, 0.4) is 0 Å². The number of amides is 1. The molecule has 5 nitrogen and oxygen atoms in total. The zero-order valence-electron chi connectivity index (χ0n) is 18.6. The number of nitrogens with one attached hydrogen (secondary N) is 1. The lowest BCUT2D eigenvalue weighted by Crippen LogP contribution is -2.31. The number of nitrogens with zero attached hydrogens (tertiary/aromatic N) is 2. The molecule has 0 saturated carbocycles. The molecule has 0 spiro atoms. The molecule has 1 N–H and O–H groups in total. The van der Waals surface area contributed by atoms with Gasteiger partial charge in [-0.3, -0.25) is 4.79 Å². The topological polar surface area (TPSA) is 56.1 Å². The number of ether oxygens (including phenoxy) is 1. The molecule has 0 bridgehead atoms. The van der Waals surface area contributed by atoms with E-state index < -0.39 is 5.82 Å². The Bertz CT molecular complexity index is 1240. The maximum Gasteiger partial charge on any atom is 0.251 e. The van der Waals surface area contributed by atoms with Gasteiger partial charge < -0.3 is 14.6 Å². The van der Waals surface area contributed by atoms with Crippen LogP contribution >= 0.6 is 11.8 Å². The van der Waals surface area contributed by atoms with Crippen molar-refractivity contribution in [1.82, 2.24) is 14.9 Å². The van der Waals surface area contributed by atoms with Gasteiger partial charge in [-0.25, -0.2) is 9.37 Å². The van der Waals surface area contributed by atoms with Gasteiger partial charge in [0.05, 0.1) is 24.2 Å². The molecule has 7 heteroatoms. The number of rotatable bonds is 9. The van der Waals surface area contributed by atoms with Gasteiger partial charge in [-0.05, 0) is 60.4 Å². The van der Waals surface area contributed by atoms with Crippen molar-refractivity contribution in [3.8, 4) is 5.75 Å². The van der Waals surface area contributed by atoms with Crippen molar-refractivity contribution in [2.45, 2.75) is 19.0 Å². The summed E-state index contributed by atoms with van der Waals surface area (Å²) in [6.45, 7) is 0.424. The summed E-state index contributed by atoms with van der Waals surface area (Å²) < 4.78 is 21.5. The fourth-order valence-corrected chi connectivity index (χ4v) is 4.32. The Labute approximate surface area is 197 Å². The molecule has 0 fully saturated rings. The minimum Gasteiger partial charge on any atom is -0.494 e. The van der Waals surface area contributed by atoms with E-state index in [1.54, 1.807) is 30.0 Å². The quantitative estimate of drug-likeness (QED) is 0.358. The minimum absolute atomic E-state index is 0.143. The normalized spacial score (nSPS) is 12.0. The highest BCUT2D eigenvalue weighted by Crippen LogP contribution is 2.27. The Balaban J connectivity index is 1.73. The number of carbonyl (C=O) groups excluding carboxylic acids is 1. The highest BCUT2D eigenvalue weighted by atomic mass is 32.2. The van der Waals surface area contributed by atoms with Crippen molar-refractivity contribution in [2.75, 3.05) is 19.1 Å². The summed E-state index contributed by atoms with van der Waals surface area (Å²) in [6, 6.07) is 21.7. The monoisotopic (exact) mass is 463 g/mol. The SMILES string of the molecule is COc1ccc(Cn2c(C(CCSC)NC(=O)c3ccccc3)nc3ccccc32)cc1F. The minimum atomic E-state index is -0.405. The summed E-state index contributed by atoms with van der Waals surface area (Å²) in [6.07, 6.45) is 2.76. The van der Waals surface area contributed by atoms with Gasteiger partial charge in [0.1, 0.15) is 5.82 Å². The Morgan fingerprint density at radius 1 is 1.12 bits per heavy atom. The van der Waals surface area contributed by atoms with Crippen molar-refractivity contribution < 1.29 is 13.9 Å². The molecule has 0 aliphatic carbocycles. The van der Waals surface area contributed by atoms with Crippen molar-refractivity contribution in [3.63, 3.8) is 0 Å². The molecular weight excluding hydrogens is 437 g/mol. The van der Waals surface area contributed by atoms with E-state index in [-0.39, 0.29) is 17.7 Å². The summed E-state index contributed by atoms with van der Waals surface area (Å²) in [7, 11) is 1.45. The Morgan fingerprint density at radius 3 is 2.61 bits per heavy atom. The third kappa shape index (κ3) is 5.20. The molecule has 0 aliphatic heterocycles. The van der Waals surface area contributed by atoms with Crippen LogP contribution in [0.15, 0.2) is 72.8 Å². The summed E-state index contributed by atoms with van der Waals surface area (Å²) in [5.74, 6) is 1.28. The fraction of sp³-hybridized carbons (Fsp3) is 0.231. The summed E-state index contributed by atoms with van der Waals surface area (Å²) in [4.78, 5) is 17.9. The third-order valence-electron chi connectivity index (χ3n) is 5.50. The van der Waals surface area contributed by atoms with Gasteiger partial charge in [0.15, 0.2) is 11.6 Å². The molecule has 33 heavy (non-hydrogen) atoms. The van der Waals surface area contributed by atoms with Crippen LogP contribution in [0.5, 0.6) is 5.75 Å². The van der Waals surface area contributed by atoms with Crippen molar-refractivity contribution >= 4 is 28.7 Å². The van der Waals surface area contributed by atoms with Crippen molar-refractivity contribution in [2.24, 2.45) is 0 Å². The number of methoxy groups -OCH3 is 1. The molecule has 3 aromatic carbocycles. The van der Waals surface area contributed by atoms with Crippen LogP contribution in [-0.4, -0.2) is 34.6 Å². The first-order chi connectivity index (χ1) is 16.1. The van der Waals surface area contributed by atoms with E-state index in [0.717, 1.165) is 34.6 Å². The van der Waals surface area contributed by atoms with Crippen LogP contribution in [0.25, 0.3) is 11.0 Å². The van der Waals surface area contributed by atoms with Gasteiger partial charge in [-0.1, -0.05) is 36.4 Å². The number of thioether (sulfide) groups is 1. The largest absolute Gasteiger partial charge is 0.494 e. The van der Waals surface area contributed by atoms with E-state index in [0.29, 0.717) is 12.1 Å². The van der Waals surface area contributed by atoms with Crippen molar-refractivity contribution in [1.29, 1.82) is 0 Å². The van der Waals surface area contributed by atoms with Gasteiger partial charge in [0.25, 0.3) is 5.91 Å². The highest BCUT2D eigenvalue weighted by Gasteiger charge is 2.23. The maximum atomic E-state index is 14.4. The number of hydrogen-bond acceptors (Lipinski definition) is 4. The molecule has 4 aromatic rings. The summed E-state index contributed by atoms with van der Waals surface area (Å²) in [5, 5.41) is 3.17. The van der Waals surface area contributed by atoms with Gasteiger partial charge in [-0.15, -0.1) is 0 Å². The predicted molar refractivity (Wildman–Crippen MR) is 131 cm³/mol. The van der Waals surface area contributed by atoms with E-state index in [1.165, 1.54) is 13.2 Å². The van der Waals surface area contributed by atoms with Crippen LogP contribution in [-0.2, 0) is 6.54 Å². The molecule has 1 atom stereocenters. The number of aromatic nitrogens is 2. The van der Waals surface area contributed by atoms with E-state index in [4.69, 9.17) is 9.72 Å². The fourth-order valence-electron chi connectivity index (χ4n) is 3.85. The zero-order chi connectivity index (χ0) is 23.2. The summed E-state index contributed by atoms with van der Waals surface area (Å²) >= 11 is 1.72. The standard InChI is InChI=1S/C26H26FN3O2S/c1-32-24-13-12-18(16-20(24)27)17-30-23-11-7-6-10-21(23)28-25(30)22(14-15-33-2)29-26(31)19-8-4-3-5-9-19/h3-13,16,22H,14-15,17H2,1-2H3,(H,29,31). The maximum absolute atomic E-state index is 14.4. The third-order valence-corrected chi connectivity index (χ3v) is 6.15. The molecule has 0 saturated heterocycles. The second kappa shape index (κ2) is 10.5. The van der Waals surface area contributed by atoms with Crippen LogP contribution in [0.4, 0.5) is 4.39 Å². The molecule has 1 unspecified atom stereocenters. The van der Waals surface area contributed by atoms with E-state index in [1.807, 2.05) is 54.8 Å². The number of imidazole rings is 1. The number of hydrogen-bond donors (Lipinski definition) is 1. The molecule has 1 heterocycles. The van der Waals surface area contributed by atoms with E-state index >= 15 is 0 Å². The predicted octanol–water partition coefficient (Wildman–Crippen LogP) is 5.46. The molecule has 0 aliphatic rings. The molecule has 1 aromatic heterocycles. The first-order valence-electron chi connectivity index (χ1n) is 10.7. The van der Waals surface area contributed by atoms with Gasteiger partial charge in [0.2, 0.25) is 0 Å². The Kier molecular flexibility index (Phi) is 7.29. The molecular formula is C26H26FN3O2S. The van der Waals surface area contributed by atoms with E-state index in [9.17, 15) is 9.18 Å². The smallest absolute Gasteiger partial charge is 0.251 e. The molecule has 1 amide bonds. The molecule has 4 rings (SSSR count). The average Bonchev–Trinajstić information content (AvgIpc) is 3.20. The number of benzene rings is 3. The van der Waals surface area contributed by atoms with Crippen LogP contribution in [0.2, 0.25) is 0 Å². The number of para-hydroxylation sites is 2. The number of carbonyl (C=O) groups is 1. The van der Waals surface area contributed by atoms with E-state index in [2.05, 4.69) is 9.88 Å². The number of fused-ring (bicyclic) bond motifs is 1. The molecule has 170 valence electrons. The zero-order valence-corrected chi connectivity index (χ0v) is 19.4. The summed E-state index contributed by atoms with van der Waals surface area (Å²) in [5.41, 5.74) is 3.17. The van der Waals surface area contributed by atoms with Crippen LogP contribution < -0.4 is 10.1 Å². The van der Waals surface area contributed by atoms with Crippen LogP contribution in [0.1, 0.15) is 34.2 Å². The van der Waals surface area contributed by atoms with Gasteiger partial charge >= 0.3 is 0 Å². The van der Waals surface area contributed by atoms with Gasteiger partial charge in [0, 0.05) is 12.1 Å². The average molecular weight is 464 g/mol. The van der Waals surface area contributed by atoms with Crippen molar-refractivity contribution in [3.05, 3.63) is 95.6 Å². The molecule has 0 radical (unpaired) electrons. The van der Waals surface area contributed by atoms with Crippen LogP contribution in [0, 0.1) is 5.82 Å². The highest BCUT2D eigenvalue weighted by molar-refractivity contribution is 7.98. The van der Waals surface area contributed by atoms with Gasteiger partial charge in [-0.2, -0.15) is 11.8 Å². The second-order valence-electron chi connectivity index (χ2n) is 7.69. The lowest BCUT2D eigenvalue weighted by molar-refractivity contribution is 0.0933. The lowest BCUT2D eigenvalue weighted by atomic mass is 10.1. The Hall–Kier alpha value is -3.32. The first kappa shape index (κ1) is 22.9. The Morgan fingerprint density at radius 2 is 1.88 bits per heavy atom. The number of halogens is 1. The lowest BCUT2D eigenvalue weighted by Gasteiger charge is -2.20.